The van der Waals surface area contributed by atoms with Crippen molar-refractivity contribution in [3.8, 4) is 12.3 Å². The third-order valence-corrected chi connectivity index (χ3v) is 6.69. The van der Waals surface area contributed by atoms with Crippen molar-refractivity contribution in [1.29, 1.82) is 0 Å². The Hall–Kier alpha value is -2.84. The molecule has 3 unspecified atom stereocenters. The first-order valence-electron chi connectivity index (χ1n) is 10.0. The lowest BCUT2D eigenvalue weighted by Gasteiger charge is -2.51. The van der Waals surface area contributed by atoms with E-state index in [-0.39, 0.29) is 12.1 Å². The summed E-state index contributed by atoms with van der Waals surface area (Å²) in [4.78, 5) is 22.3. The third kappa shape index (κ3) is 2.76. The molecular weight excluding hydrogens is 348 g/mol. The number of hydrogen-bond donors (Lipinski definition) is 1. The first kappa shape index (κ1) is 17.3. The number of carbonyl (C=O) groups is 1. The summed E-state index contributed by atoms with van der Waals surface area (Å²) >= 11 is 0. The first-order valence-corrected chi connectivity index (χ1v) is 10.0. The van der Waals surface area contributed by atoms with Crippen molar-refractivity contribution in [2.45, 2.75) is 30.8 Å². The number of pyridine rings is 1. The fourth-order valence-corrected chi connectivity index (χ4v) is 5.45. The molecule has 4 aliphatic rings. The van der Waals surface area contributed by atoms with Gasteiger partial charge in [-0.15, -0.1) is 6.42 Å². The number of amides is 2. The van der Waals surface area contributed by atoms with E-state index in [1.54, 1.807) is 0 Å². The molecule has 4 saturated heterocycles. The molecule has 2 bridgehead atoms. The van der Waals surface area contributed by atoms with Crippen LogP contribution in [0.4, 0.5) is 10.5 Å². The Morgan fingerprint density at radius 1 is 1.14 bits per heavy atom. The predicted molar refractivity (Wildman–Crippen MR) is 109 cm³/mol. The molecule has 5 heterocycles. The van der Waals surface area contributed by atoms with Crippen LogP contribution in [0, 0.1) is 18.3 Å². The van der Waals surface area contributed by atoms with Gasteiger partial charge >= 0.3 is 6.03 Å². The van der Waals surface area contributed by atoms with Gasteiger partial charge in [-0.25, -0.2) is 4.79 Å². The summed E-state index contributed by atoms with van der Waals surface area (Å²) < 4.78 is 0. The van der Waals surface area contributed by atoms with Gasteiger partial charge in [-0.2, -0.15) is 0 Å². The predicted octanol–water partition coefficient (Wildman–Crippen LogP) is 3.16. The standard InChI is InChI=1S/C23H24N4O/c1-2-16-6-3-4-8-20(16)25-23(28)27-15-19(18-7-5-11-24-14-18)22-21(27)17-9-12-26(22)13-10-17/h1,3-8,11,14,17,19,21-22H,9-10,12-13,15H2,(H,25,28). The molecule has 0 spiro atoms. The molecule has 3 atom stereocenters. The largest absolute Gasteiger partial charge is 0.322 e. The molecule has 2 amide bonds. The third-order valence-electron chi connectivity index (χ3n) is 6.69. The van der Waals surface area contributed by atoms with Gasteiger partial charge in [0, 0.05) is 36.5 Å². The van der Waals surface area contributed by atoms with E-state index in [1.807, 2.05) is 42.7 Å². The summed E-state index contributed by atoms with van der Waals surface area (Å²) in [5.41, 5.74) is 2.64. The van der Waals surface area contributed by atoms with Crippen molar-refractivity contribution < 1.29 is 4.79 Å². The van der Waals surface area contributed by atoms with Gasteiger partial charge in [0.15, 0.2) is 0 Å². The van der Waals surface area contributed by atoms with Crippen molar-refractivity contribution in [2.75, 3.05) is 25.0 Å². The van der Waals surface area contributed by atoms with Gasteiger partial charge < -0.3 is 10.2 Å². The van der Waals surface area contributed by atoms with Crippen LogP contribution in [-0.4, -0.2) is 52.5 Å². The zero-order valence-corrected chi connectivity index (χ0v) is 15.8. The quantitative estimate of drug-likeness (QED) is 0.824. The molecular formula is C23H24N4O. The van der Waals surface area contributed by atoms with Crippen LogP contribution in [0.5, 0.6) is 0 Å². The van der Waals surface area contributed by atoms with Crippen LogP contribution >= 0.6 is 0 Å². The second-order valence-electron chi connectivity index (χ2n) is 8.02. The summed E-state index contributed by atoms with van der Waals surface area (Å²) in [7, 11) is 0. The Labute approximate surface area is 165 Å². The Morgan fingerprint density at radius 3 is 2.71 bits per heavy atom. The molecule has 1 aromatic carbocycles. The Morgan fingerprint density at radius 2 is 1.96 bits per heavy atom. The van der Waals surface area contributed by atoms with Crippen LogP contribution in [0.3, 0.4) is 0 Å². The Bertz CT molecular complexity index is 914. The number of rotatable bonds is 2. The van der Waals surface area contributed by atoms with Crippen molar-refractivity contribution in [3.05, 3.63) is 59.9 Å². The van der Waals surface area contributed by atoms with E-state index < -0.39 is 0 Å². The Balaban J connectivity index is 1.46. The molecule has 0 radical (unpaired) electrons. The normalized spacial score (nSPS) is 30.5. The van der Waals surface area contributed by atoms with Gasteiger partial charge in [0.05, 0.1) is 11.7 Å². The maximum Gasteiger partial charge on any atom is 0.322 e. The smallest absolute Gasteiger partial charge is 0.319 e. The Kier molecular flexibility index (Phi) is 4.29. The lowest BCUT2D eigenvalue weighted by Crippen LogP contribution is -2.61. The lowest BCUT2D eigenvalue weighted by molar-refractivity contribution is 0.00492. The summed E-state index contributed by atoms with van der Waals surface area (Å²) in [5, 5.41) is 3.08. The number of nitrogens with one attached hydrogen (secondary N) is 1. The minimum absolute atomic E-state index is 0.0437. The number of likely N-dealkylation sites (tertiary alicyclic amines) is 1. The SMILES string of the molecule is C#Cc1ccccc1NC(=O)N1CC(c2cccnc2)C2C1C1CCN2CC1. The number of aromatic nitrogens is 1. The van der Waals surface area contributed by atoms with E-state index >= 15 is 0 Å². The number of benzene rings is 1. The van der Waals surface area contributed by atoms with Crippen LogP contribution in [0.25, 0.3) is 0 Å². The van der Waals surface area contributed by atoms with Gasteiger partial charge in [-0.1, -0.05) is 24.1 Å². The average Bonchev–Trinajstić information content (AvgIpc) is 3.19. The lowest BCUT2D eigenvalue weighted by atomic mass is 9.75. The summed E-state index contributed by atoms with van der Waals surface area (Å²) in [5.74, 6) is 3.54. The molecule has 28 heavy (non-hydrogen) atoms. The van der Waals surface area contributed by atoms with Gasteiger partial charge in [0.1, 0.15) is 0 Å². The average molecular weight is 372 g/mol. The second kappa shape index (κ2) is 6.96. The van der Waals surface area contributed by atoms with Crippen LogP contribution in [-0.2, 0) is 0 Å². The summed E-state index contributed by atoms with van der Waals surface area (Å²) in [6, 6.07) is 12.2. The molecule has 142 valence electrons. The zero-order valence-electron chi connectivity index (χ0n) is 15.8. The zero-order chi connectivity index (χ0) is 19.1. The molecule has 0 saturated carbocycles. The topological polar surface area (TPSA) is 48.5 Å². The van der Waals surface area contributed by atoms with Crippen molar-refractivity contribution in [2.24, 2.45) is 5.92 Å². The summed E-state index contributed by atoms with van der Waals surface area (Å²) in [6.45, 7) is 2.99. The van der Waals surface area contributed by atoms with Crippen LogP contribution < -0.4 is 5.32 Å². The molecule has 0 aliphatic carbocycles. The molecule has 2 aromatic rings. The molecule has 4 aliphatic heterocycles. The second-order valence-corrected chi connectivity index (χ2v) is 8.02. The number of para-hydroxylation sites is 1. The number of piperidine rings is 3. The van der Waals surface area contributed by atoms with Crippen molar-refractivity contribution in [3.63, 3.8) is 0 Å². The maximum atomic E-state index is 13.3. The maximum absolute atomic E-state index is 13.3. The number of fused-ring (bicyclic) bond motifs is 2. The first-order chi connectivity index (χ1) is 13.8. The highest BCUT2D eigenvalue weighted by atomic mass is 16.2. The number of urea groups is 1. The van der Waals surface area contributed by atoms with Gasteiger partial charge in [-0.05, 0) is 55.6 Å². The number of terminal acetylenes is 1. The van der Waals surface area contributed by atoms with E-state index in [2.05, 4.69) is 32.1 Å². The van der Waals surface area contributed by atoms with Crippen LogP contribution in [0.15, 0.2) is 48.8 Å². The van der Waals surface area contributed by atoms with Gasteiger partial charge in [-0.3, -0.25) is 9.88 Å². The van der Waals surface area contributed by atoms with E-state index in [4.69, 9.17) is 6.42 Å². The van der Waals surface area contributed by atoms with Crippen molar-refractivity contribution >= 4 is 11.7 Å². The van der Waals surface area contributed by atoms with E-state index in [0.29, 0.717) is 29.1 Å². The minimum atomic E-state index is -0.0437. The van der Waals surface area contributed by atoms with E-state index in [0.717, 1.165) is 19.6 Å². The molecule has 6 rings (SSSR count). The molecule has 1 aromatic heterocycles. The number of anilines is 1. The number of carbonyl (C=O) groups excluding carboxylic acids is 1. The minimum Gasteiger partial charge on any atom is -0.319 e. The fraction of sp³-hybridized carbons (Fsp3) is 0.391. The van der Waals surface area contributed by atoms with E-state index in [9.17, 15) is 4.79 Å². The fourth-order valence-electron chi connectivity index (χ4n) is 5.45. The monoisotopic (exact) mass is 372 g/mol. The van der Waals surface area contributed by atoms with Crippen LogP contribution in [0.1, 0.15) is 29.9 Å². The highest BCUT2D eigenvalue weighted by Gasteiger charge is 2.54. The number of nitrogens with zero attached hydrogens (tertiary/aromatic N) is 3. The molecule has 5 nitrogen and oxygen atoms in total. The van der Waals surface area contributed by atoms with Crippen LogP contribution in [0.2, 0.25) is 0 Å². The molecule has 5 heteroatoms. The molecule has 1 N–H and O–H groups in total. The molecule has 4 fully saturated rings. The number of hydrogen-bond acceptors (Lipinski definition) is 3. The highest BCUT2D eigenvalue weighted by Crippen LogP contribution is 2.46. The van der Waals surface area contributed by atoms with E-state index in [1.165, 1.54) is 18.4 Å². The van der Waals surface area contributed by atoms with Gasteiger partial charge in [0.2, 0.25) is 0 Å². The highest BCUT2D eigenvalue weighted by molar-refractivity contribution is 5.91. The summed E-state index contributed by atoms with van der Waals surface area (Å²) in [6.07, 6.45) is 11.7. The van der Waals surface area contributed by atoms with Gasteiger partial charge in [0.25, 0.3) is 0 Å². The van der Waals surface area contributed by atoms with Crippen molar-refractivity contribution in [1.82, 2.24) is 14.8 Å².